The summed E-state index contributed by atoms with van der Waals surface area (Å²) in [7, 11) is 2.14. The van der Waals surface area contributed by atoms with E-state index in [1.807, 2.05) is 42.6 Å². The van der Waals surface area contributed by atoms with Crippen LogP contribution in [0.3, 0.4) is 0 Å². The molecule has 1 saturated heterocycles. The van der Waals surface area contributed by atoms with Crippen LogP contribution in [-0.4, -0.2) is 61.0 Å². The summed E-state index contributed by atoms with van der Waals surface area (Å²) in [6, 6.07) is 15.5. The molecule has 7 heteroatoms. The Bertz CT molecular complexity index is 1080. The molecule has 1 aliphatic rings. The molecule has 2 aromatic carbocycles. The number of likely N-dealkylation sites (N-methyl/N-ethyl adjacent to an activating group) is 1. The number of nitrogens with zero attached hydrogens (tertiary/aromatic N) is 2. The molecule has 1 aromatic heterocycles. The number of carbonyl (C=O) groups is 2. The lowest BCUT2D eigenvalue weighted by Crippen LogP contribution is -2.47. The van der Waals surface area contributed by atoms with Crippen LogP contribution in [0, 0.1) is 0 Å². The molecule has 3 aromatic rings. The van der Waals surface area contributed by atoms with Crippen LogP contribution in [0.2, 0.25) is 0 Å². The minimum atomic E-state index is -0.637. The van der Waals surface area contributed by atoms with Gasteiger partial charge in [0.25, 0.3) is 0 Å². The fourth-order valence-electron chi connectivity index (χ4n) is 4.30. The van der Waals surface area contributed by atoms with E-state index in [9.17, 15) is 9.59 Å². The number of piperazine rings is 1. The average molecular weight is 434 g/mol. The largest absolute Gasteiger partial charge is 0.369 e. The van der Waals surface area contributed by atoms with E-state index in [2.05, 4.69) is 44.6 Å². The van der Waals surface area contributed by atoms with E-state index in [1.165, 1.54) is 6.92 Å². The number of amides is 2. The number of aromatic nitrogens is 1. The quantitative estimate of drug-likeness (QED) is 0.534. The fraction of sp³-hybridized carbons (Fsp3) is 0.360. The number of para-hydroxylation sites is 2. The van der Waals surface area contributed by atoms with E-state index in [0.717, 1.165) is 53.9 Å². The number of anilines is 1. The summed E-state index contributed by atoms with van der Waals surface area (Å²) in [6.07, 6.45) is 2.34. The third-order valence-corrected chi connectivity index (χ3v) is 6.08. The van der Waals surface area contributed by atoms with Gasteiger partial charge in [-0.1, -0.05) is 36.4 Å². The number of nitrogens with one attached hydrogen (secondary N) is 3. The molecule has 7 nitrogen and oxygen atoms in total. The Labute approximate surface area is 188 Å². The molecule has 0 aliphatic carbocycles. The molecule has 1 fully saturated rings. The van der Waals surface area contributed by atoms with Gasteiger partial charge in [0.1, 0.15) is 6.04 Å². The van der Waals surface area contributed by atoms with Crippen LogP contribution >= 0.6 is 0 Å². The van der Waals surface area contributed by atoms with E-state index >= 15 is 0 Å². The highest BCUT2D eigenvalue weighted by Gasteiger charge is 2.22. The van der Waals surface area contributed by atoms with Crippen LogP contribution in [0.15, 0.2) is 54.7 Å². The number of aromatic amines is 1. The third kappa shape index (κ3) is 5.11. The minimum Gasteiger partial charge on any atom is -0.369 e. The van der Waals surface area contributed by atoms with Crippen LogP contribution in [0.5, 0.6) is 0 Å². The molecular formula is C25H31N5O2. The van der Waals surface area contributed by atoms with Crippen molar-refractivity contribution in [1.82, 2.24) is 20.5 Å². The van der Waals surface area contributed by atoms with E-state index < -0.39 is 6.04 Å². The molecule has 2 amide bonds. The first-order valence-corrected chi connectivity index (χ1v) is 11.1. The minimum absolute atomic E-state index is 0.182. The lowest BCUT2D eigenvalue weighted by atomic mass is 10.0. The molecule has 2 heterocycles. The van der Waals surface area contributed by atoms with E-state index in [4.69, 9.17) is 0 Å². The average Bonchev–Trinajstić information content (AvgIpc) is 3.20. The van der Waals surface area contributed by atoms with Gasteiger partial charge in [-0.25, -0.2) is 0 Å². The van der Waals surface area contributed by atoms with Crippen molar-refractivity contribution >= 4 is 28.4 Å². The van der Waals surface area contributed by atoms with Crippen LogP contribution in [0.25, 0.3) is 10.9 Å². The first-order chi connectivity index (χ1) is 15.5. The van der Waals surface area contributed by atoms with Crippen molar-refractivity contribution in [3.05, 3.63) is 65.9 Å². The summed E-state index contributed by atoms with van der Waals surface area (Å²) in [5, 5.41) is 6.94. The first kappa shape index (κ1) is 21.9. The predicted molar refractivity (Wildman–Crippen MR) is 128 cm³/mol. The molecule has 3 N–H and O–H groups in total. The molecule has 1 aliphatic heterocycles. The zero-order valence-electron chi connectivity index (χ0n) is 18.7. The number of rotatable bonds is 7. The molecule has 0 saturated carbocycles. The maximum atomic E-state index is 13.1. The smallest absolute Gasteiger partial charge is 0.243 e. The summed E-state index contributed by atoms with van der Waals surface area (Å²) in [5.74, 6) is -0.401. The van der Waals surface area contributed by atoms with Gasteiger partial charge in [-0.2, -0.15) is 0 Å². The van der Waals surface area contributed by atoms with E-state index in [1.54, 1.807) is 0 Å². The standard InChI is InChI=1S/C25H31N5O2/c1-18(31)28-23(15-20-17-26-22-9-5-4-8-21(20)22)25(32)27-16-19-7-3-6-10-24(19)30-13-11-29(2)12-14-30/h3-10,17,23,26H,11-16H2,1-2H3,(H,27,32)(H,28,31). The van der Waals surface area contributed by atoms with Gasteiger partial charge >= 0.3 is 0 Å². The number of hydrogen-bond donors (Lipinski definition) is 3. The highest BCUT2D eigenvalue weighted by atomic mass is 16.2. The Balaban J connectivity index is 1.46. The summed E-state index contributed by atoms with van der Waals surface area (Å²) in [4.78, 5) is 32.8. The van der Waals surface area contributed by atoms with Crippen molar-refractivity contribution in [2.45, 2.75) is 25.9 Å². The highest BCUT2D eigenvalue weighted by molar-refractivity contribution is 5.89. The molecular weight excluding hydrogens is 402 g/mol. The van der Waals surface area contributed by atoms with Crippen molar-refractivity contribution in [3.63, 3.8) is 0 Å². The number of benzene rings is 2. The molecule has 168 valence electrons. The maximum Gasteiger partial charge on any atom is 0.243 e. The Morgan fingerprint density at radius 1 is 1.00 bits per heavy atom. The molecule has 1 unspecified atom stereocenters. The molecule has 0 spiro atoms. The second kappa shape index (κ2) is 9.87. The third-order valence-electron chi connectivity index (χ3n) is 6.08. The molecule has 0 radical (unpaired) electrons. The fourth-order valence-corrected chi connectivity index (χ4v) is 4.30. The summed E-state index contributed by atoms with van der Waals surface area (Å²) in [5.41, 5.74) is 4.27. The maximum absolute atomic E-state index is 13.1. The summed E-state index contributed by atoms with van der Waals surface area (Å²) in [6.45, 7) is 5.85. The van der Waals surface area contributed by atoms with Crippen molar-refractivity contribution in [2.75, 3.05) is 38.1 Å². The van der Waals surface area contributed by atoms with Gasteiger partial charge in [0.15, 0.2) is 0 Å². The highest BCUT2D eigenvalue weighted by Crippen LogP contribution is 2.22. The van der Waals surface area contributed by atoms with Crippen molar-refractivity contribution in [1.29, 1.82) is 0 Å². The molecule has 32 heavy (non-hydrogen) atoms. The Morgan fingerprint density at radius 3 is 2.50 bits per heavy atom. The SMILES string of the molecule is CC(=O)NC(Cc1c[nH]c2ccccc12)C(=O)NCc1ccccc1N1CCN(C)CC1. The van der Waals surface area contributed by atoms with E-state index in [0.29, 0.717) is 13.0 Å². The lowest BCUT2D eigenvalue weighted by molar-refractivity contribution is -0.128. The first-order valence-electron chi connectivity index (χ1n) is 11.1. The second-order valence-electron chi connectivity index (χ2n) is 8.45. The summed E-state index contributed by atoms with van der Waals surface area (Å²) < 4.78 is 0. The topological polar surface area (TPSA) is 80.5 Å². The van der Waals surface area contributed by atoms with Crippen LogP contribution in [0.4, 0.5) is 5.69 Å². The molecule has 1 atom stereocenters. The Kier molecular flexibility index (Phi) is 6.75. The zero-order valence-corrected chi connectivity index (χ0v) is 18.7. The Hall–Kier alpha value is -3.32. The van der Waals surface area contributed by atoms with Crippen molar-refractivity contribution in [2.24, 2.45) is 0 Å². The van der Waals surface area contributed by atoms with Gasteiger partial charge < -0.3 is 25.4 Å². The van der Waals surface area contributed by atoms with E-state index in [-0.39, 0.29) is 11.8 Å². The Morgan fingerprint density at radius 2 is 1.72 bits per heavy atom. The van der Waals surface area contributed by atoms with Gasteiger partial charge in [-0.15, -0.1) is 0 Å². The van der Waals surface area contributed by atoms with Gasteiger partial charge in [-0.3, -0.25) is 9.59 Å². The molecule has 4 rings (SSSR count). The van der Waals surface area contributed by atoms with Gasteiger partial charge in [0, 0.05) is 68.9 Å². The van der Waals surface area contributed by atoms with Crippen molar-refractivity contribution in [3.8, 4) is 0 Å². The second-order valence-corrected chi connectivity index (χ2v) is 8.45. The van der Waals surface area contributed by atoms with Gasteiger partial charge in [0.05, 0.1) is 0 Å². The number of H-pyrrole nitrogens is 1. The summed E-state index contributed by atoms with van der Waals surface area (Å²) >= 11 is 0. The van der Waals surface area contributed by atoms with Crippen LogP contribution < -0.4 is 15.5 Å². The molecule has 0 bridgehead atoms. The zero-order chi connectivity index (χ0) is 22.5. The lowest BCUT2D eigenvalue weighted by Gasteiger charge is -2.35. The number of fused-ring (bicyclic) bond motifs is 1. The number of carbonyl (C=O) groups excluding carboxylic acids is 2. The van der Waals surface area contributed by atoms with Crippen LogP contribution in [0.1, 0.15) is 18.1 Å². The van der Waals surface area contributed by atoms with Crippen molar-refractivity contribution < 1.29 is 9.59 Å². The van der Waals surface area contributed by atoms with Gasteiger partial charge in [0.2, 0.25) is 11.8 Å². The predicted octanol–water partition coefficient (Wildman–Crippen LogP) is 2.28. The number of hydrogen-bond acceptors (Lipinski definition) is 4. The normalized spacial score (nSPS) is 15.5. The van der Waals surface area contributed by atoms with Crippen LogP contribution in [-0.2, 0) is 22.6 Å². The van der Waals surface area contributed by atoms with Gasteiger partial charge in [-0.05, 0) is 30.3 Å². The monoisotopic (exact) mass is 433 g/mol.